The number of hydrogen-bond acceptors (Lipinski definition) is 5. The third kappa shape index (κ3) is 4.43. The van der Waals surface area contributed by atoms with Crippen LogP contribution in [0.15, 0.2) is 41.3 Å². The number of sulfonamides is 1. The van der Waals surface area contributed by atoms with Crippen LogP contribution in [0.3, 0.4) is 0 Å². The fourth-order valence-corrected chi connectivity index (χ4v) is 3.16. The molecule has 0 aliphatic rings. The van der Waals surface area contributed by atoms with Crippen molar-refractivity contribution in [2.45, 2.75) is 4.90 Å². The Bertz CT molecular complexity index is 979. The van der Waals surface area contributed by atoms with Crippen LogP contribution >= 0.6 is 11.6 Å². The highest BCUT2D eigenvalue weighted by atomic mass is 35.5. The smallest absolute Gasteiger partial charge is 0.338 e. The van der Waals surface area contributed by atoms with E-state index in [2.05, 4.69) is 4.72 Å². The maximum absolute atomic E-state index is 13.1. The van der Waals surface area contributed by atoms with Crippen molar-refractivity contribution in [2.24, 2.45) is 0 Å². The lowest BCUT2D eigenvalue weighted by atomic mass is 10.1. The lowest BCUT2D eigenvalue weighted by Gasteiger charge is -2.08. The van der Waals surface area contributed by atoms with Gasteiger partial charge in [-0.1, -0.05) is 11.6 Å². The first kappa shape index (κ1) is 20.0. The predicted molar refractivity (Wildman–Crippen MR) is 88.7 cm³/mol. The third-order valence-electron chi connectivity index (χ3n) is 3.30. The number of halogens is 3. The van der Waals surface area contributed by atoms with Crippen molar-refractivity contribution in [1.29, 1.82) is 0 Å². The largest absolute Gasteiger partial charge is 0.454 e. The topological polar surface area (TPSA) is 89.5 Å². The molecule has 0 amide bonds. The van der Waals surface area contributed by atoms with Crippen LogP contribution in [0, 0.1) is 11.6 Å². The van der Waals surface area contributed by atoms with Crippen LogP contribution in [-0.2, 0) is 14.8 Å². The van der Waals surface area contributed by atoms with Gasteiger partial charge in [0.05, 0.1) is 10.6 Å². The van der Waals surface area contributed by atoms with Gasteiger partial charge in [0.25, 0.3) is 0 Å². The summed E-state index contributed by atoms with van der Waals surface area (Å²) in [6.07, 6.45) is 0. The molecule has 2 aromatic carbocycles. The number of nitrogens with one attached hydrogen (secondary N) is 1. The Hall–Kier alpha value is -2.36. The van der Waals surface area contributed by atoms with Crippen molar-refractivity contribution >= 4 is 33.4 Å². The molecule has 0 aromatic heterocycles. The van der Waals surface area contributed by atoms with E-state index in [1.54, 1.807) is 0 Å². The molecule has 1 N–H and O–H groups in total. The van der Waals surface area contributed by atoms with Crippen LogP contribution < -0.4 is 4.72 Å². The number of ketones is 1. The minimum Gasteiger partial charge on any atom is -0.454 e. The lowest BCUT2D eigenvalue weighted by molar-refractivity contribution is 0.0474. The first-order chi connectivity index (χ1) is 12.2. The highest BCUT2D eigenvalue weighted by molar-refractivity contribution is 7.89. The number of ether oxygens (including phenoxy) is 1. The van der Waals surface area contributed by atoms with Gasteiger partial charge in [-0.05, 0) is 43.4 Å². The number of benzene rings is 2. The Balaban J connectivity index is 2.14. The molecule has 0 bridgehead atoms. The van der Waals surface area contributed by atoms with Gasteiger partial charge in [-0.2, -0.15) is 0 Å². The number of carbonyl (C=O) groups is 2. The first-order valence-electron chi connectivity index (χ1n) is 7.04. The van der Waals surface area contributed by atoms with Gasteiger partial charge in [-0.15, -0.1) is 0 Å². The summed E-state index contributed by atoms with van der Waals surface area (Å²) in [5.41, 5.74) is -0.326. The molecule has 10 heteroatoms. The van der Waals surface area contributed by atoms with E-state index in [1.165, 1.54) is 19.2 Å². The molecule has 6 nitrogen and oxygen atoms in total. The molecular formula is C16H12ClF2NO5S. The zero-order valence-corrected chi connectivity index (χ0v) is 14.8. The standard InChI is InChI=1S/C16H12ClF2NO5S/c1-20-26(23,24)15-7-10(2-4-11(15)17)16(22)25-8-14(21)9-3-5-12(18)13(19)6-9/h2-7,20H,8H2,1H3. The first-order valence-corrected chi connectivity index (χ1v) is 8.90. The van der Waals surface area contributed by atoms with Crippen molar-refractivity contribution in [3.05, 3.63) is 64.2 Å². The molecule has 0 fully saturated rings. The Morgan fingerprint density at radius 3 is 2.35 bits per heavy atom. The molecule has 0 radical (unpaired) electrons. The normalized spacial score (nSPS) is 11.2. The Morgan fingerprint density at radius 2 is 1.73 bits per heavy atom. The second kappa shape index (κ2) is 7.90. The Labute approximate surface area is 152 Å². The van der Waals surface area contributed by atoms with E-state index >= 15 is 0 Å². The molecule has 0 atom stereocenters. The highest BCUT2D eigenvalue weighted by Crippen LogP contribution is 2.23. The van der Waals surface area contributed by atoms with Crippen LogP contribution in [0.25, 0.3) is 0 Å². The molecule has 0 saturated carbocycles. The molecule has 0 unspecified atom stereocenters. The van der Waals surface area contributed by atoms with Crippen LogP contribution in [0.2, 0.25) is 5.02 Å². The van der Waals surface area contributed by atoms with Gasteiger partial charge in [0, 0.05) is 5.56 Å². The molecule has 0 heterocycles. The summed E-state index contributed by atoms with van der Waals surface area (Å²) >= 11 is 5.81. The zero-order valence-electron chi connectivity index (χ0n) is 13.3. The van der Waals surface area contributed by atoms with Crippen molar-refractivity contribution in [1.82, 2.24) is 4.72 Å². The van der Waals surface area contributed by atoms with Crippen molar-refractivity contribution in [2.75, 3.05) is 13.7 Å². The van der Waals surface area contributed by atoms with Gasteiger partial charge in [-0.3, -0.25) is 4.79 Å². The fraction of sp³-hybridized carbons (Fsp3) is 0.125. The molecule has 0 aliphatic carbocycles. The van der Waals surface area contributed by atoms with Gasteiger partial charge in [0.1, 0.15) is 4.90 Å². The highest BCUT2D eigenvalue weighted by Gasteiger charge is 2.20. The minimum atomic E-state index is -3.90. The quantitative estimate of drug-likeness (QED) is 0.591. The Morgan fingerprint density at radius 1 is 1.08 bits per heavy atom. The Kier molecular flexibility index (Phi) is 6.06. The summed E-state index contributed by atoms with van der Waals surface area (Å²) in [5.74, 6) is -4.06. The molecule has 0 spiro atoms. The van der Waals surface area contributed by atoms with Crippen LogP contribution in [0.5, 0.6) is 0 Å². The molecule has 2 aromatic rings. The number of hydrogen-bond donors (Lipinski definition) is 1. The van der Waals surface area contributed by atoms with Crippen molar-refractivity contribution < 1.29 is 31.5 Å². The summed E-state index contributed by atoms with van der Waals surface area (Å²) in [6, 6.07) is 5.93. The van der Waals surface area contributed by atoms with E-state index in [0.29, 0.717) is 6.07 Å². The monoisotopic (exact) mass is 403 g/mol. The van der Waals surface area contributed by atoms with Crippen molar-refractivity contribution in [3.63, 3.8) is 0 Å². The number of esters is 1. The average molecular weight is 404 g/mol. The number of Topliss-reactive ketones (excluding diaryl/α,β-unsaturated/α-hetero) is 1. The summed E-state index contributed by atoms with van der Waals surface area (Å²) in [5, 5.41) is -0.103. The SMILES string of the molecule is CNS(=O)(=O)c1cc(C(=O)OCC(=O)c2ccc(F)c(F)c2)ccc1Cl. The van der Waals surface area contributed by atoms with E-state index in [9.17, 15) is 26.8 Å². The van der Waals surface area contributed by atoms with Gasteiger partial charge in [0.2, 0.25) is 10.0 Å². The second-order valence-corrected chi connectivity index (χ2v) is 7.24. The van der Waals surface area contributed by atoms with E-state index < -0.39 is 40.0 Å². The van der Waals surface area contributed by atoms with Gasteiger partial charge in [-0.25, -0.2) is 26.7 Å². The maximum Gasteiger partial charge on any atom is 0.338 e. The van der Waals surface area contributed by atoms with E-state index in [0.717, 1.165) is 18.2 Å². The number of rotatable bonds is 6. The summed E-state index contributed by atoms with van der Waals surface area (Å²) in [7, 11) is -2.72. The molecule has 0 aliphatic heterocycles. The third-order valence-corrected chi connectivity index (χ3v) is 5.20. The van der Waals surface area contributed by atoms with Gasteiger partial charge < -0.3 is 4.74 Å². The minimum absolute atomic E-state index is 0.103. The van der Waals surface area contributed by atoms with Crippen LogP contribution in [-0.4, -0.2) is 33.8 Å². The van der Waals surface area contributed by atoms with Crippen LogP contribution in [0.4, 0.5) is 8.78 Å². The lowest BCUT2D eigenvalue weighted by Crippen LogP contribution is -2.20. The fourth-order valence-electron chi connectivity index (χ4n) is 1.91. The maximum atomic E-state index is 13.1. The van der Waals surface area contributed by atoms with E-state index in [4.69, 9.17) is 16.3 Å². The van der Waals surface area contributed by atoms with Crippen molar-refractivity contribution in [3.8, 4) is 0 Å². The summed E-state index contributed by atoms with van der Waals surface area (Å²) < 4.78 is 56.5. The molecule has 0 saturated heterocycles. The number of carbonyl (C=O) groups excluding carboxylic acids is 2. The summed E-state index contributed by atoms with van der Waals surface area (Å²) in [4.78, 5) is 23.6. The second-order valence-electron chi connectivity index (χ2n) is 4.98. The molecule has 26 heavy (non-hydrogen) atoms. The predicted octanol–water partition coefficient (Wildman–Crippen LogP) is 2.57. The summed E-state index contributed by atoms with van der Waals surface area (Å²) in [6.45, 7) is -0.735. The van der Waals surface area contributed by atoms with E-state index in [1.807, 2.05) is 0 Å². The van der Waals surface area contributed by atoms with Gasteiger partial charge >= 0.3 is 5.97 Å². The average Bonchev–Trinajstić information content (AvgIpc) is 2.61. The molecule has 2 rings (SSSR count). The molecular weight excluding hydrogens is 392 g/mol. The van der Waals surface area contributed by atoms with Gasteiger partial charge in [0.15, 0.2) is 24.0 Å². The van der Waals surface area contributed by atoms with E-state index in [-0.39, 0.29) is 21.0 Å². The zero-order chi connectivity index (χ0) is 19.5. The van der Waals surface area contributed by atoms with Crippen LogP contribution in [0.1, 0.15) is 20.7 Å². The molecule has 138 valence electrons.